The molecular weight excluding hydrogens is 281 g/mol. The zero-order chi connectivity index (χ0) is 14.5. The van der Waals surface area contributed by atoms with Crippen LogP contribution in [0.4, 0.5) is 4.39 Å². The van der Waals surface area contributed by atoms with Crippen molar-refractivity contribution < 1.29 is 14.3 Å². The smallest absolute Gasteiger partial charge is 0.313 e. The highest BCUT2D eigenvalue weighted by Crippen LogP contribution is 2.26. The van der Waals surface area contributed by atoms with Crippen LogP contribution in [0.2, 0.25) is 0 Å². The van der Waals surface area contributed by atoms with Crippen LogP contribution in [-0.4, -0.2) is 31.6 Å². The molecule has 7 heteroatoms. The lowest BCUT2D eigenvalue weighted by Crippen LogP contribution is -2.05. The van der Waals surface area contributed by atoms with E-state index >= 15 is 0 Å². The molecule has 0 unspecified atom stereocenters. The van der Waals surface area contributed by atoms with Crippen molar-refractivity contribution in [3.05, 3.63) is 30.1 Å². The van der Waals surface area contributed by atoms with Crippen LogP contribution in [0.15, 0.2) is 29.4 Å². The summed E-state index contributed by atoms with van der Waals surface area (Å²) in [5, 5.41) is 17.2. The van der Waals surface area contributed by atoms with Gasteiger partial charge in [-0.15, -0.1) is 10.2 Å². The zero-order valence-electron chi connectivity index (χ0n) is 10.9. The van der Waals surface area contributed by atoms with Crippen molar-refractivity contribution in [1.82, 2.24) is 14.8 Å². The van der Waals surface area contributed by atoms with E-state index in [0.29, 0.717) is 23.1 Å². The summed E-state index contributed by atoms with van der Waals surface area (Å²) >= 11 is 1.08. The molecule has 1 N–H and O–H groups in total. The van der Waals surface area contributed by atoms with Gasteiger partial charge in [-0.25, -0.2) is 4.39 Å². The van der Waals surface area contributed by atoms with E-state index in [9.17, 15) is 9.18 Å². The summed E-state index contributed by atoms with van der Waals surface area (Å²) in [6.45, 7) is 2.59. The normalized spacial score (nSPS) is 10.7. The van der Waals surface area contributed by atoms with Crippen LogP contribution in [0.25, 0.3) is 11.4 Å². The van der Waals surface area contributed by atoms with E-state index in [2.05, 4.69) is 10.2 Å². The Balaban J connectivity index is 2.38. The fourth-order valence-electron chi connectivity index (χ4n) is 1.79. The lowest BCUT2D eigenvalue weighted by atomic mass is 10.2. The molecule has 5 nitrogen and oxygen atoms in total. The van der Waals surface area contributed by atoms with E-state index in [-0.39, 0.29) is 11.6 Å². The van der Waals surface area contributed by atoms with Gasteiger partial charge in [0.1, 0.15) is 5.82 Å². The molecule has 0 saturated carbocycles. The van der Waals surface area contributed by atoms with Crippen molar-refractivity contribution in [3.63, 3.8) is 0 Å². The van der Waals surface area contributed by atoms with Gasteiger partial charge in [0.2, 0.25) is 0 Å². The highest BCUT2D eigenvalue weighted by atomic mass is 32.2. The van der Waals surface area contributed by atoms with Crippen molar-refractivity contribution in [1.29, 1.82) is 0 Å². The molecule has 0 radical (unpaired) electrons. The minimum absolute atomic E-state index is 0.0981. The van der Waals surface area contributed by atoms with Gasteiger partial charge >= 0.3 is 5.97 Å². The van der Waals surface area contributed by atoms with Crippen LogP contribution in [0.5, 0.6) is 0 Å². The summed E-state index contributed by atoms with van der Waals surface area (Å²) in [6, 6.07) is 6.34. The first-order valence-corrected chi connectivity index (χ1v) is 7.14. The second-order valence-corrected chi connectivity index (χ2v) is 5.06. The maximum absolute atomic E-state index is 13.8. The first-order valence-electron chi connectivity index (χ1n) is 6.16. The molecule has 0 spiro atoms. The molecule has 2 aromatic rings. The second-order valence-electron chi connectivity index (χ2n) is 4.12. The number of aliphatic carboxylic acids is 1. The number of halogens is 1. The molecule has 1 aromatic heterocycles. The predicted octanol–water partition coefficient (Wildman–Crippen LogP) is 2.67. The largest absolute Gasteiger partial charge is 0.481 e. The lowest BCUT2D eigenvalue weighted by Gasteiger charge is -2.08. The van der Waals surface area contributed by atoms with Crippen LogP contribution in [0.1, 0.15) is 13.3 Å². The van der Waals surface area contributed by atoms with Crippen LogP contribution in [-0.2, 0) is 11.3 Å². The minimum Gasteiger partial charge on any atom is -0.481 e. The first-order chi connectivity index (χ1) is 9.63. The summed E-state index contributed by atoms with van der Waals surface area (Å²) < 4.78 is 15.6. The van der Waals surface area contributed by atoms with Gasteiger partial charge < -0.3 is 9.67 Å². The number of hydrogen-bond acceptors (Lipinski definition) is 4. The van der Waals surface area contributed by atoms with E-state index in [1.807, 2.05) is 6.92 Å². The SMILES string of the molecule is CCCn1c(SCC(=O)O)nnc1-c1ccccc1F. The van der Waals surface area contributed by atoms with Crippen molar-refractivity contribution in [2.75, 3.05) is 5.75 Å². The van der Waals surface area contributed by atoms with Gasteiger partial charge in [-0.2, -0.15) is 0 Å². The molecule has 0 fully saturated rings. The second kappa shape index (κ2) is 6.51. The molecule has 0 bridgehead atoms. The number of thioether (sulfide) groups is 1. The molecule has 2 rings (SSSR count). The zero-order valence-corrected chi connectivity index (χ0v) is 11.7. The van der Waals surface area contributed by atoms with Gasteiger partial charge in [0.15, 0.2) is 11.0 Å². The van der Waals surface area contributed by atoms with Gasteiger partial charge in [0, 0.05) is 6.54 Å². The minimum atomic E-state index is -0.923. The van der Waals surface area contributed by atoms with E-state index < -0.39 is 5.97 Å². The number of hydrogen-bond donors (Lipinski definition) is 1. The maximum Gasteiger partial charge on any atom is 0.313 e. The van der Waals surface area contributed by atoms with E-state index in [1.54, 1.807) is 22.8 Å². The standard InChI is InChI=1S/C13H14FN3O2S/c1-2-7-17-12(9-5-3-4-6-10(9)14)15-16-13(17)20-8-11(18)19/h3-6H,2,7-8H2,1H3,(H,18,19). The fourth-order valence-corrected chi connectivity index (χ4v) is 2.47. The summed E-state index contributed by atoms with van der Waals surface area (Å²) in [5.41, 5.74) is 0.371. The summed E-state index contributed by atoms with van der Waals surface area (Å²) in [4.78, 5) is 10.6. The fraction of sp³-hybridized carbons (Fsp3) is 0.308. The highest BCUT2D eigenvalue weighted by molar-refractivity contribution is 7.99. The number of carboxylic acids is 1. The molecule has 0 aliphatic heterocycles. The van der Waals surface area contributed by atoms with Gasteiger partial charge in [0.25, 0.3) is 0 Å². The molecule has 0 amide bonds. The quantitative estimate of drug-likeness (QED) is 0.830. The third-order valence-corrected chi connectivity index (χ3v) is 3.56. The summed E-state index contributed by atoms with van der Waals surface area (Å²) in [5.74, 6) is -0.961. The Morgan fingerprint density at radius 3 is 2.80 bits per heavy atom. The third-order valence-electron chi connectivity index (χ3n) is 2.60. The van der Waals surface area contributed by atoms with Gasteiger partial charge in [-0.3, -0.25) is 4.79 Å². The average Bonchev–Trinajstić information content (AvgIpc) is 2.80. The average molecular weight is 295 g/mol. The van der Waals surface area contributed by atoms with Crippen molar-refractivity contribution >= 4 is 17.7 Å². The Kier molecular flexibility index (Phi) is 4.73. The Bertz CT molecular complexity index is 615. The Hall–Kier alpha value is -1.89. The molecule has 0 atom stereocenters. The van der Waals surface area contributed by atoms with Crippen LogP contribution < -0.4 is 0 Å². The number of rotatable bonds is 6. The van der Waals surface area contributed by atoms with Crippen LogP contribution in [0, 0.1) is 5.82 Å². The first kappa shape index (κ1) is 14.5. The molecule has 1 heterocycles. The Morgan fingerprint density at radius 1 is 1.40 bits per heavy atom. The number of carbonyl (C=O) groups is 1. The molecular formula is C13H14FN3O2S. The third kappa shape index (κ3) is 3.16. The number of aromatic nitrogens is 3. The number of carboxylic acid groups (broad SMARTS) is 1. The Morgan fingerprint density at radius 2 is 2.15 bits per heavy atom. The van der Waals surface area contributed by atoms with E-state index in [4.69, 9.17) is 5.11 Å². The number of benzene rings is 1. The maximum atomic E-state index is 13.8. The predicted molar refractivity (Wildman–Crippen MR) is 74.1 cm³/mol. The Labute approximate surface area is 119 Å². The molecule has 20 heavy (non-hydrogen) atoms. The number of nitrogens with zero attached hydrogens (tertiary/aromatic N) is 3. The molecule has 0 aliphatic carbocycles. The lowest BCUT2D eigenvalue weighted by molar-refractivity contribution is -0.133. The van der Waals surface area contributed by atoms with Crippen LogP contribution >= 0.6 is 11.8 Å². The van der Waals surface area contributed by atoms with Crippen molar-refractivity contribution in [3.8, 4) is 11.4 Å². The topological polar surface area (TPSA) is 68.0 Å². The highest BCUT2D eigenvalue weighted by Gasteiger charge is 2.17. The van der Waals surface area contributed by atoms with Gasteiger partial charge in [0.05, 0.1) is 11.3 Å². The van der Waals surface area contributed by atoms with E-state index in [0.717, 1.165) is 18.2 Å². The molecule has 106 valence electrons. The molecule has 0 saturated heterocycles. The van der Waals surface area contributed by atoms with Crippen molar-refractivity contribution in [2.45, 2.75) is 25.0 Å². The molecule has 0 aliphatic rings. The molecule has 1 aromatic carbocycles. The monoisotopic (exact) mass is 295 g/mol. The van der Waals surface area contributed by atoms with Crippen LogP contribution in [0.3, 0.4) is 0 Å². The van der Waals surface area contributed by atoms with Gasteiger partial charge in [-0.1, -0.05) is 30.8 Å². The summed E-state index contributed by atoms with van der Waals surface area (Å²) in [7, 11) is 0. The van der Waals surface area contributed by atoms with Gasteiger partial charge in [-0.05, 0) is 18.6 Å². The van der Waals surface area contributed by atoms with Crippen molar-refractivity contribution in [2.24, 2.45) is 0 Å². The summed E-state index contributed by atoms with van der Waals surface area (Å²) in [6.07, 6.45) is 0.820. The van der Waals surface area contributed by atoms with E-state index in [1.165, 1.54) is 6.07 Å².